The van der Waals surface area contributed by atoms with Crippen LogP contribution in [0.4, 0.5) is 8.78 Å². The summed E-state index contributed by atoms with van der Waals surface area (Å²) in [5.74, 6) is -1.82. The van der Waals surface area contributed by atoms with Gasteiger partial charge in [0.1, 0.15) is 0 Å². The van der Waals surface area contributed by atoms with E-state index < -0.39 is 11.6 Å². The average molecular weight is 258 g/mol. The molecule has 5 heteroatoms. The summed E-state index contributed by atoms with van der Waals surface area (Å²) in [6.07, 6.45) is 1.32. The molecule has 0 aliphatic rings. The Morgan fingerprint density at radius 1 is 0.947 bits per heavy atom. The van der Waals surface area contributed by atoms with Crippen LogP contribution in [0.15, 0.2) is 47.5 Å². The fraction of sp³-hybridized carbons (Fsp3) is 0. The van der Waals surface area contributed by atoms with Crippen molar-refractivity contribution in [3.63, 3.8) is 0 Å². The Morgan fingerprint density at radius 3 is 2.47 bits per heavy atom. The molecular weight excluding hydrogens is 250 g/mol. The van der Waals surface area contributed by atoms with Gasteiger partial charge in [0.25, 0.3) is 5.56 Å². The van der Waals surface area contributed by atoms with Crippen LogP contribution in [0.5, 0.6) is 0 Å². The Morgan fingerprint density at radius 2 is 1.68 bits per heavy atom. The maximum atomic E-state index is 13.2. The molecule has 0 atom stereocenters. The molecule has 3 aromatic rings. The standard InChI is InChI=1S/C14H8F2N2O/c15-11-3-1-9(6-12(11)16)8-2-4-13-10(5-8)14(19)18-7-17-13/h1-7H,(H,17,18,19). The number of aromatic amines is 1. The molecule has 3 rings (SSSR count). The number of nitrogens with zero attached hydrogens (tertiary/aromatic N) is 1. The minimum atomic E-state index is -0.919. The lowest BCUT2D eigenvalue weighted by molar-refractivity contribution is 0.509. The van der Waals surface area contributed by atoms with Gasteiger partial charge in [-0.15, -0.1) is 0 Å². The van der Waals surface area contributed by atoms with Crippen molar-refractivity contribution < 1.29 is 8.78 Å². The van der Waals surface area contributed by atoms with Crippen LogP contribution < -0.4 is 5.56 Å². The van der Waals surface area contributed by atoms with Crippen molar-refractivity contribution in [2.45, 2.75) is 0 Å². The Hall–Kier alpha value is -2.56. The summed E-state index contributed by atoms with van der Waals surface area (Å²) in [5.41, 5.74) is 1.42. The van der Waals surface area contributed by atoms with Gasteiger partial charge in [-0.05, 0) is 35.4 Å². The lowest BCUT2D eigenvalue weighted by atomic mass is 10.0. The molecule has 0 saturated carbocycles. The minimum absolute atomic E-state index is 0.269. The van der Waals surface area contributed by atoms with E-state index in [4.69, 9.17) is 0 Å². The maximum absolute atomic E-state index is 13.2. The van der Waals surface area contributed by atoms with Crippen LogP contribution in [0.25, 0.3) is 22.0 Å². The molecule has 0 saturated heterocycles. The average Bonchev–Trinajstić information content (AvgIpc) is 2.42. The van der Waals surface area contributed by atoms with Crippen molar-refractivity contribution in [3.8, 4) is 11.1 Å². The fourth-order valence-electron chi connectivity index (χ4n) is 1.92. The molecule has 2 aromatic carbocycles. The third kappa shape index (κ3) is 1.99. The first-order valence-corrected chi connectivity index (χ1v) is 5.58. The van der Waals surface area contributed by atoms with E-state index in [-0.39, 0.29) is 5.56 Å². The second-order valence-electron chi connectivity index (χ2n) is 4.09. The van der Waals surface area contributed by atoms with E-state index in [0.29, 0.717) is 22.0 Å². The van der Waals surface area contributed by atoms with Crippen LogP contribution >= 0.6 is 0 Å². The van der Waals surface area contributed by atoms with Crippen LogP contribution in [-0.2, 0) is 0 Å². The Kier molecular flexibility index (Phi) is 2.59. The minimum Gasteiger partial charge on any atom is -0.313 e. The molecule has 0 amide bonds. The van der Waals surface area contributed by atoms with E-state index in [1.807, 2.05) is 0 Å². The molecule has 1 heterocycles. The smallest absolute Gasteiger partial charge is 0.258 e. The molecule has 3 nitrogen and oxygen atoms in total. The molecule has 1 aromatic heterocycles. The van der Waals surface area contributed by atoms with Crippen molar-refractivity contribution in [2.75, 3.05) is 0 Å². The first-order valence-electron chi connectivity index (χ1n) is 5.58. The van der Waals surface area contributed by atoms with Crippen molar-refractivity contribution >= 4 is 10.9 Å². The summed E-state index contributed by atoms with van der Waals surface area (Å²) in [4.78, 5) is 18.1. The lowest BCUT2D eigenvalue weighted by Crippen LogP contribution is -2.06. The van der Waals surface area contributed by atoms with Crippen LogP contribution in [0, 0.1) is 11.6 Å². The fourth-order valence-corrected chi connectivity index (χ4v) is 1.92. The zero-order chi connectivity index (χ0) is 13.4. The number of hydrogen-bond acceptors (Lipinski definition) is 2. The van der Waals surface area contributed by atoms with Crippen molar-refractivity contribution in [3.05, 3.63) is 64.7 Å². The first-order chi connectivity index (χ1) is 9.15. The second kappa shape index (κ2) is 4.28. The van der Waals surface area contributed by atoms with Gasteiger partial charge in [0, 0.05) is 0 Å². The van der Waals surface area contributed by atoms with Gasteiger partial charge in [-0.25, -0.2) is 13.8 Å². The molecule has 94 valence electrons. The summed E-state index contributed by atoms with van der Waals surface area (Å²) in [7, 11) is 0. The second-order valence-corrected chi connectivity index (χ2v) is 4.09. The summed E-state index contributed by atoms with van der Waals surface area (Å²) < 4.78 is 26.1. The van der Waals surface area contributed by atoms with Crippen LogP contribution in [0.2, 0.25) is 0 Å². The topological polar surface area (TPSA) is 45.8 Å². The molecular formula is C14H8F2N2O. The Balaban J connectivity index is 2.22. The number of nitrogens with one attached hydrogen (secondary N) is 1. The van der Waals surface area contributed by atoms with Gasteiger partial charge in [-0.3, -0.25) is 4.79 Å². The van der Waals surface area contributed by atoms with E-state index in [1.54, 1.807) is 18.2 Å². The van der Waals surface area contributed by atoms with E-state index >= 15 is 0 Å². The quantitative estimate of drug-likeness (QED) is 0.729. The predicted octanol–water partition coefficient (Wildman–Crippen LogP) is 2.87. The van der Waals surface area contributed by atoms with Gasteiger partial charge in [0.05, 0.1) is 17.2 Å². The third-order valence-corrected chi connectivity index (χ3v) is 2.89. The molecule has 0 aliphatic carbocycles. The van der Waals surface area contributed by atoms with E-state index in [0.717, 1.165) is 12.1 Å². The highest BCUT2D eigenvalue weighted by Gasteiger charge is 2.06. The highest BCUT2D eigenvalue weighted by Crippen LogP contribution is 2.23. The normalized spacial score (nSPS) is 10.8. The predicted molar refractivity (Wildman–Crippen MR) is 67.7 cm³/mol. The van der Waals surface area contributed by atoms with Gasteiger partial charge in [-0.2, -0.15) is 0 Å². The number of fused-ring (bicyclic) bond motifs is 1. The number of rotatable bonds is 1. The van der Waals surface area contributed by atoms with Gasteiger partial charge < -0.3 is 4.98 Å². The molecule has 1 N–H and O–H groups in total. The Labute approximate surface area is 106 Å². The van der Waals surface area contributed by atoms with Crippen molar-refractivity contribution in [2.24, 2.45) is 0 Å². The van der Waals surface area contributed by atoms with Crippen LogP contribution in [0.3, 0.4) is 0 Å². The SMILES string of the molecule is O=c1[nH]cnc2ccc(-c3ccc(F)c(F)c3)cc12. The number of H-pyrrole nitrogens is 1. The van der Waals surface area contributed by atoms with Gasteiger partial charge in [0.15, 0.2) is 11.6 Å². The monoisotopic (exact) mass is 258 g/mol. The van der Waals surface area contributed by atoms with E-state index in [2.05, 4.69) is 9.97 Å². The summed E-state index contributed by atoms with van der Waals surface area (Å²) in [5, 5.41) is 0.407. The third-order valence-electron chi connectivity index (χ3n) is 2.89. The number of benzene rings is 2. The van der Waals surface area contributed by atoms with Crippen molar-refractivity contribution in [1.29, 1.82) is 0 Å². The van der Waals surface area contributed by atoms with Gasteiger partial charge in [0.2, 0.25) is 0 Å². The van der Waals surface area contributed by atoms with Crippen molar-refractivity contribution in [1.82, 2.24) is 9.97 Å². The van der Waals surface area contributed by atoms with E-state index in [1.165, 1.54) is 12.4 Å². The highest BCUT2D eigenvalue weighted by atomic mass is 19.2. The van der Waals surface area contributed by atoms with E-state index in [9.17, 15) is 13.6 Å². The molecule has 0 aliphatic heterocycles. The lowest BCUT2D eigenvalue weighted by Gasteiger charge is -2.04. The molecule has 0 spiro atoms. The number of aromatic nitrogens is 2. The van der Waals surface area contributed by atoms with Crippen LogP contribution in [-0.4, -0.2) is 9.97 Å². The summed E-state index contributed by atoms with van der Waals surface area (Å²) >= 11 is 0. The zero-order valence-corrected chi connectivity index (χ0v) is 9.65. The molecule has 0 unspecified atom stereocenters. The zero-order valence-electron chi connectivity index (χ0n) is 9.65. The molecule has 19 heavy (non-hydrogen) atoms. The highest BCUT2D eigenvalue weighted by molar-refractivity contribution is 5.83. The summed E-state index contributed by atoms with van der Waals surface area (Å²) in [6.45, 7) is 0. The Bertz CT molecular complexity index is 827. The molecule has 0 fully saturated rings. The maximum Gasteiger partial charge on any atom is 0.258 e. The van der Waals surface area contributed by atoms with Crippen LogP contribution in [0.1, 0.15) is 0 Å². The largest absolute Gasteiger partial charge is 0.313 e. The van der Waals surface area contributed by atoms with Gasteiger partial charge >= 0.3 is 0 Å². The first kappa shape index (κ1) is 11.5. The molecule has 0 bridgehead atoms. The van der Waals surface area contributed by atoms with Gasteiger partial charge in [-0.1, -0.05) is 12.1 Å². The number of halogens is 2. The summed E-state index contributed by atoms with van der Waals surface area (Å²) in [6, 6.07) is 8.60. The number of hydrogen-bond donors (Lipinski definition) is 1. The molecule has 0 radical (unpaired) electrons.